The highest BCUT2D eigenvalue weighted by molar-refractivity contribution is 6.18. The van der Waals surface area contributed by atoms with Crippen molar-refractivity contribution < 1.29 is 9.47 Å². The van der Waals surface area contributed by atoms with E-state index < -0.39 is 0 Å². The van der Waals surface area contributed by atoms with E-state index in [4.69, 9.17) is 21.1 Å². The molecule has 1 aliphatic rings. The first-order valence-corrected chi connectivity index (χ1v) is 6.31. The first-order chi connectivity index (χ1) is 7.27. The summed E-state index contributed by atoms with van der Waals surface area (Å²) in [5.74, 6) is 0.950. The highest BCUT2D eigenvalue weighted by Crippen LogP contribution is 2.22. The Hall–Kier alpha value is -0.0500. The van der Waals surface area contributed by atoms with E-state index in [1.807, 2.05) is 0 Å². The van der Waals surface area contributed by atoms with E-state index in [-0.39, 0.29) is 12.4 Å². The van der Waals surface area contributed by atoms with Crippen molar-refractivity contribution in [3.05, 3.63) is 12.2 Å². The molecular weight excluding hydrogens is 212 g/mol. The molecule has 0 radical (unpaired) electrons. The maximum Gasteiger partial charge on any atom is 0.171 e. The van der Waals surface area contributed by atoms with Gasteiger partial charge in [-0.25, -0.2) is 0 Å². The number of unbranched alkanes of at least 4 members (excludes halogenated alkanes) is 1. The Morgan fingerprint density at radius 2 is 2.33 bits per heavy atom. The SMILES string of the molecule is CCCCOC(CCl)OC1C=CCC1C. The highest BCUT2D eigenvalue weighted by atomic mass is 35.5. The smallest absolute Gasteiger partial charge is 0.171 e. The molecule has 0 amide bonds. The normalized spacial score (nSPS) is 27.1. The van der Waals surface area contributed by atoms with Crippen molar-refractivity contribution in [2.24, 2.45) is 5.92 Å². The first-order valence-electron chi connectivity index (χ1n) is 5.77. The second-order valence-corrected chi connectivity index (χ2v) is 4.36. The summed E-state index contributed by atoms with van der Waals surface area (Å²) in [4.78, 5) is 0. The van der Waals surface area contributed by atoms with Crippen molar-refractivity contribution in [3.63, 3.8) is 0 Å². The molecule has 1 aliphatic carbocycles. The molecule has 15 heavy (non-hydrogen) atoms. The zero-order valence-corrected chi connectivity index (χ0v) is 10.4. The third kappa shape index (κ3) is 4.54. The van der Waals surface area contributed by atoms with Crippen LogP contribution in [0.5, 0.6) is 0 Å². The monoisotopic (exact) mass is 232 g/mol. The van der Waals surface area contributed by atoms with Crippen molar-refractivity contribution in [1.82, 2.24) is 0 Å². The quantitative estimate of drug-likeness (QED) is 0.290. The van der Waals surface area contributed by atoms with Crippen molar-refractivity contribution in [1.29, 1.82) is 0 Å². The fraction of sp³-hybridized carbons (Fsp3) is 0.833. The Morgan fingerprint density at radius 1 is 1.53 bits per heavy atom. The van der Waals surface area contributed by atoms with Gasteiger partial charge in [-0.2, -0.15) is 0 Å². The Labute approximate surface area is 97.6 Å². The van der Waals surface area contributed by atoms with Gasteiger partial charge < -0.3 is 9.47 Å². The van der Waals surface area contributed by atoms with Crippen molar-refractivity contribution in [2.75, 3.05) is 12.5 Å². The van der Waals surface area contributed by atoms with Gasteiger partial charge in [0.05, 0.1) is 12.0 Å². The Balaban J connectivity index is 2.23. The minimum Gasteiger partial charge on any atom is -0.351 e. The minimum absolute atomic E-state index is 0.176. The molecule has 0 saturated carbocycles. The summed E-state index contributed by atoms with van der Waals surface area (Å²) in [6, 6.07) is 0. The number of rotatable bonds is 7. The molecule has 0 aromatic rings. The summed E-state index contributed by atoms with van der Waals surface area (Å²) in [6.45, 7) is 5.06. The highest BCUT2D eigenvalue weighted by Gasteiger charge is 2.22. The topological polar surface area (TPSA) is 18.5 Å². The molecule has 0 aromatic carbocycles. The molecule has 3 heteroatoms. The average Bonchev–Trinajstić information content (AvgIpc) is 2.63. The summed E-state index contributed by atoms with van der Waals surface area (Å²) in [5, 5.41) is 0. The van der Waals surface area contributed by atoms with E-state index >= 15 is 0 Å². The van der Waals surface area contributed by atoms with E-state index in [1.165, 1.54) is 0 Å². The lowest BCUT2D eigenvalue weighted by atomic mass is 10.1. The zero-order valence-electron chi connectivity index (χ0n) is 9.62. The summed E-state index contributed by atoms with van der Waals surface area (Å²) < 4.78 is 11.3. The lowest BCUT2D eigenvalue weighted by molar-refractivity contribution is -0.154. The standard InChI is InChI=1S/C12H21ClO2/c1-3-4-8-14-12(9-13)15-11-7-5-6-10(11)2/h5,7,10-12H,3-4,6,8-9H2,1-2H3. The van der Waals surface area contributed by atoms with Crippen LogP contribution in [0.3, 0.4) is 0 Å². The van der Waals surface area contributed by atoms with Gasteiger partial charge in [0.1, 0.15) is 0 Å². The van der Waals surface area contributed by atoms with Crippen LogP contribution in [0.2, 0.25) is 0 Å². The van der Waals surface area contributed by atoms with Gasteiger partial charge in [-0.3, -0.25) is 0 Å². The van der Waals surface area contributed by atoms with Gasteiger partial charge in [0, 0.05) is 6.61 Å². The van der Waals surface area contributed by atoms with Gasteiger partial charge in [0.2, 0.25) is 0 Å². The fourth-order valence-corrected chi connectivity index (χ4v) is 1.75. The molecule has 0 bridgehead atoms. The van der Waals surface area contributed by atoms with Crippen LogP contribution in [-0.2, 0) is 9.47 Å². The number of alkyl halides is 1. The van der Waals surface area contributed by atoms with Crippen molar-refractivity contribution in [2.45, 2.75) is 45.5 Å². The Bertz CT molecular complexity index is 194. The largest absolute Gasteiger partial charge is 0.351 e. The maximum atomic E-state index is 5.80. The van der Waals surface area contributed by atoms with Crippen molar-refractivity contribution in [3.8, 4) is 0 Å². The third-order valence-corrected chi connectivity index (χ3v) is 2.88. The van der Waals surface area contributed by atoms with Gasteiger partial charge >= 0.3 is 0 Å². The Kier molecular flexibility index (Phi) is 6.30. The molecule has 0 spiro atoms. The van der Waals surface area contributed by atoms with Crippen LogP contribution in [0, 0.1) is 5.92 Å². The van der Waals surface area contributed by atoms with Gasteiger partial charge in [0.15, 0.2) is 6.29 Å². The van der Waals surface area contributed by atoms with E-state index in [1.54, 1.807) is 0 Å². The molecule has 0 heterocycles. The summed E-state index contributed by atoms with van der Waals surface area (Å²) in [7, 11) is 0. The molecule has 0 saturated heterocycles. The van der Waals surface area contributed by atoms with E-state index in [0.29, 0.717) is 11.8 Å². The van der Waals surface area contributed by atoms with E-state index in [2.05, 4.69) is 26.0 Å². The second kappa shape index (κ2) is 7.26. The average molecular weight is 233 g/mol. The lowest BCUT2D eigenvalue weighted by Gasteiger charge is -2.22. The van der Waals surface area contributed by atoms with Crippen LogP contribution in [0.1, 0.15) is 33.1 Å². The zero-order chi connectivity index (χ0) is 11.1. The van der Waals surface area contributed by atoms with Crippen LogP contribution in [-0.4, -0.2) is 24.9 Å². The second-order valence-electron chi connectivity index (χ2n) is 4.05. The van der Waals surface area contributed by atoms with E-state index in [0.717, 1.165) is 25.9 Å². The van der Waals surface area contributed by atoms with Gasteiger partial charge in [-0.05, 0) is 18.8 Å². The number of halogens is 1. The number of hydrogen-bond donors (Lipinski definition) is 0. The molecule has 0 aliphatic heterocycles. The lowest BCUT2D eigenvalue weighted by Crippen LogP contribution is -2.27. The van der Waals surface area contributed by atoms with Crippen LogP contribution < -0.4 is 0 Å². The molecule has 88 valence electrons. The number of hydrogen-bond acceptors (Lipinski definition) is 2. The molecule has 3 unspecified atom stereocenters. The fourth-order valence-electron chi connectivity index (χ4n) is 1.59. The Morgan fingerprint density at radius 3 is 2.87 bits per heavy atom. The van der Waals surface area contributed by atoms with E-state index in [9.17, 15) is 0 Å². The summed E-state index contributed by atoms with van der Waals surface area (Å²) in [5.41, 5.74) is 0. The van der Waals surface area contributed by atoms with Gasteiger partial charge in [0.25, 0.3) is 0 Å². The van der Waals surface area contributed by atoms with Crippen LogP contribution >= 0.6 is 11.6 Å². The first kappa shape index (κ1) is 13.0. The summed E-state index contributed by atoms with van der Waals surface area (Å²) >= 11 is 5.80. The van der Waals surface area contributed by atoms with Gasteiger partial charge in [-0.1, -0.05) is 32.4 Å². The van der Waals surface area contributed by atoms with Crippen LogP contribution in [0.4, 0.5) is 0 Å². The molecule has 3 atom stereocenters. The third-order valence-electron chi connectivity index (χ3n) is 2.63. The number of ether oxygens (including phenoxy) is 2. The molecule has 0 aromatic heterocycles. The maximum absolute atomic E-state index is 5.80. The van der Waals surface area contributed by atoms with Crippen LogP contribution in [0.25, 0.3) is 0 Å². The molecule has 0 N–H and O–H groups in total. The van der Waals surface area contributed by atoms with Crippen molar-refractivity contribution >= 4 is 11.6 Å². The van der Waals surface area contributed by atoms with Crippen LogP contribution in [0.15, 0.2) is 12.2 Å². The predicted molar refractivity (Wildman–Crippen MR) is 63.2 cm³/mol. The summed E-state index contributed by atoms with van der Waals surface area (Å²) in [6.07, 6.45) is 7.47. The molecule has 0 fully saturated rings. The van der Waals surface area contributed by atoms with Gasteiger partial charge in [-0.15, -0.1) is 11.6 Å². The minimum atomic E-state index is -0.256. The predicted octanol–water partition coefficient (Wildman–Crippen LogP) is 3.35. The molecule has 1 rings (SSSR count). The molecular formula is C12H21ClO2. The molecule has 2 nitrogen and oxygen atoms in total. The number of allylic oxidation sites excluding steroid dienone is 1.